The summed E-state index contributed by atoms with van der Waals surface area (Å²) in [7, 11) is 1.51. The molecule has 0 radical (unpaired) electrons. The zero-order chi connectivity index (χ0) is 17.6. The van der Waals surface area contributed by atoms with Crippen LogP contribution in [0.1, 0.15) is 5.69 Å². The molecule has 7 nitrogen and oxygen atoms in total. The summed E-state index contributed by atoms with van der Waals surface area (Å²) in [6.07, 6.45) is -0.0705. The highest BCUT2D eigenvalue weighted by Crippen LogP contribution is 2.23. The average molecular weight is 340 g/mol. The minimum absolute atomic E-state index is 0.0705. The van der Waals surface area contributed by atoms with E-state index >= 15 is 0 Å². The standard InChI is InChI=1S/C18H16N2O5/c1-23-16-9-5-3-7-13(16)19-17(21)11-24-18(22)10-14-12-6-2-4-8-15(12)25-20-14/h2-9H,10-11H2,1H3,(H,19,21). The Bertz CT molecular complexity index is 903. The van der Waals surface area contributed by atoms with Gasteiger partial charge in [-0.1, -0.05) is 29.4 Å². The van der Waals surface area contributed by atoms with Crippen LogP contribution < -0.4 is 10.1 Å². The van der Waals surface area contributed by atoms with Gasteiger partial charge in [0.15, 0.2) is 12.2 Å². The number of anilines is 1. The molecule has 25 heavy (non-hydrogen) atoms. The molecule has 0 aliphatic carbocycles. The number of benzene rings is 2. The first-order valence-corrected chi connectivity index (χ1v) is 7.59. The van der Waals surface area contributed by atoms with Gasteiger partial charge in [0, 0.05) is 5.39 Å². The van der Waals surface area contributed by atoms with Gasteiger partial charge < -0.3 is 19.3 Å². The number of ether oxygens (including phenoxy) is 2. The maximum Gasteiger partial charge on any atom is 0.312 e. The van der Waals surface area contributed by atoms with Gasteiger partial charge >= 0.3 is 5.97 Å². The van der Waals surface area contributed by atoms with Crippen LogP contribution in [0.2, 0.25) is 0 Å². The number of aromatic nitrogens is 1. The summed E-state index contributed by atoms with van der Waals surface area (Å²) in [6.45, 7) is -0.396. The van der Waals surface area contributed by atoms with Crippen molar-refractivity contribution >= 4 is 28.5 Å². The van der Waals surface area contributed by atoms with Crippen molar-refractivity contribution in [1.29, 1.82) is 0 Å². The molecular formula is C18H16N2O5. The SMILES string of the molecule is COc1ccccc1NC(=O)COC(=O)Cc1noc2ccccc12. The molecule has 3 rings (SSSR count). The average Bonchev–Trinajstić information content (AvgIpc) is 3.03. The van der Waals surface area contributed by atoms with Crippen molar-refractivity contribution in [3.63, 3.8) is 0 Å². The maximum absolute atomic E-state index is 11.9. The van der Waals surface area contributed by atoms with Crippen LogP contribution in [0.3, 0.4) is 0 Å². The topological polar surface area (TPSA) is 90.7 Å². The number of hydrogen-bond donors (Lipinski definition) is 1. The number of carbonyl (C=O) groups excluding carboxylic acids is 2. The van der Waals surface area contributed by atoms with Gasteiger partial charge in [-0.3, -0.25) is 9.59 Å². The van der Waals surface area contributed by atoms with Crippen molar-refractivity contribution < 1.29 is 23.6 Å². The third kappa shape index (κ3) is 3.95. The Morgan fingerprint density at radius 3 is 2.72 bits per heavy atom. The number of nitrogens with zero attached hydrogens (tertiary/aromatic N) is 1. The normalized spacial score (nSPS) is 10.4. The highest BCUT2D eigenvalue weighted by Gasteiger charge is 2.15. The summed E-state index contributed by atoms with van der Waals surface area (Å²) < 4.78 is 15.3. The highest BCUT2D eigenvalue weighted by atomic mass is 16.5. The Morgan fingerprint density at radius 2 is 1.88 bits per heavy atom. The second-order valence-electron chi connectivity index (χ2n) is 5.21. The molecule has 0 fully saturated rings. The van der Waals surface area contributed by atoms with Crippen LogP contribution in [0.5, 0.6) is 5.75 Å². The van der Waals surface area contributed by atoms with E-state index in [1.165, 1.54) is 7.11 Å². The van der Waals surface area contributed by atoms with Crippen LogP contribution in [-0.2, 0) is 20.7 Å². The fourth-order valence-corrected chi connectivity index (χ4v) is 2.33. The molecule has 0 unspecified atom stereocenters. The molecule has 0 spiro atoms. The molecule has 3 aromatic rings. The number of rotatable bonds is 6. The molecule has 1 aromatic heterocycles. The quantitative estimate of drug-likeness (QED) is 0.694. The first-order valence-electron chi connectivity index (χ1n) is 7.59. The molecule has 1 amide bonds. The number of fused-ring (bicyclic) bond motifs is 1. The Labute approximate surface area is 143 Å². The van der Waals surface area contributed by atoms with Gasteiger partial charge in [0.25, 0.3) is 5.91 Å². The van der Waals surface area contributed by atoms with Crippen molar-refractivity contribution in [3.05, 3.63) is 54.2 Å². The highest BCUT2D eigenvalue weighted by molar-refractivity contribution is 5.94. The number of amides is 1. The molecule has 0 saturated carbocycles. The van der Waals surface area contributed by atoms with Crippen LogP contribution in [0.15, 0.2) is 53.1 Å². The smallest absolute Gasteiger partial charge is 0.312 e. The molecule has 0 saturated heterocycles. The van der Waals surface area contributed by atoms with Crippen molar-refractivity contribution in [1.82, 2.24) is 5.16 Å². The van der Waals surface area contributed by atoms with Crippen LogP contribution in [0.25, 0.3) is 11.0 Å². The van der Waals surface area contributed by atoms with Gasteiger partial charge in [0.2, 0.25) is 0 Å². The second kappa shape index (κ2) is 7.48. The predicted molar refractivity (Wildman–Crippen MR) is 90.3 cm³/mol. The van der Waals surface area contributed by atoms with Crippen molar-refractivity contribution in [2.75, 3.05) is 19.0 Å². The second-order valence-corrected chi connectivity index (χ2v) is 5.21. The molecule has 0 atom stereocenters. The molecule has 0 aliphatic rings. The van der Waals surface area contributed by atoms with E-state index < -0.39 is 18.5 Å². The Hall–Kier alpha value is -3.35. The van der Waals surface area contributed by atoms with Crippen molar-refractivity contribution in [3.8, 4) is 5.75 Å². The third-order valence-electron chi connectivity index (χ3n) is 3.51. The monoisotopic (exact) mass is 340 g/mol. The van der Waals surface area contributed by atoms with Crippen LogP contribution in [0, 0.1) is 0 Å². The predicted octanol–water partition coefficient (Wildman–Crippen LogP) is 2.56. The Morgan fingerprint density at radius 1 is 1.12 bits per heavy atom. The van der Waals surface area contributed by atoms with Gasteiger partial charge in [-0.25, -0.2) is 0 Å². The minimum Gasteiger partial charge on any atom is -0.495 e. The van der Waals surface area contributed by atoms with E-state index in [1.54, 1.807) is 30.3 Å². The first-order chi connectivity index (χ1) is 12.2. The van der Waals surface area contributed by atoms with E-state index in [0.29, 0.717) is 22.7 Å². The summed E-state index contributed by atoms with van der Waals surface area (Å²) in [6, 6.07) is 14.2. The van der Waals surface area contributed by atoms with Gasteiger partial charge in [-0.15, -0.1) is 0 Å². The molecule has 2 aromatic carbocycles. The number of esters is 1. The first kappa shape index (κ1) is 16.5. The van der Waals surface area contributed by atoms with Crippen LogP contribution >= 0.6 is 0 Å². The lowest BCUT2D eigenvalue weighted by Gasteiger charge is -2.09. The summed E-state index contributed by atoms with van der Waals surface area (Å²) in [4.78, 5) is 23.8. The number of nitrogens with one attached hydrogen (secondary N) is 1. The third-order valence-corrected chi connectivity index (χ3v) is 3.51. The van der Waals surface area contributed by atoms with Crippen LogP contribution in [0.4, 0.5) is 5.69 Å². The molecular weight excluding hydrogens is 324 g/mol. The largest absolute Gasteiger partial charge is 0.495 e. The number of carbonyl (C=O) groups is 2. The van der Waals surface area contributed by atoms with Gasteiger partial charge in [-0.2, -0.15) is 0 Å². The summed E-state index contributed by atoms with van der Waals surface area (Å²) in [5.41, 5.74) is 1.58. The van der Waals surface area contributed by atoms with E-state index in [2.05, 4.69) is 10.5 Å². The Kier molecular flexibility index (Phi) is 4.94. The molecule has 0 bridgehead atoms. The lowest BCUT2D eigenvalue weighted by molar-refractivity contribution is -0.146. The number of hydrogen-bond acceptors (Lipinski definition) is 6. The minimum atomic E-state index is -0.561. The van der Waals surface area contributed by atoms with E-state index in [4.69, 9.17) is 14.0 Å². The maximum atomic E-state index is 11.9. The van der Waals surface area contributed by atoms with Crippen molar-refractivity contribution in [2.45, 2.75) is 6.42 Å². The Balaban J connectivity index is 1.54. The van der Waals surface area contributed by atoms with Crippen molar-refractivity contribution in [2.24, 2.45) is 0 Å². The zero-order valence-electron chi connectivity index (χ0n) is 13.5. The molecule has 1 heterocycles. The van der Waals surface area contributed by atoms with E-state index in [-0.39, 0.29) is 6.42 Å². The zero-order valence-corrected chi connectivity index (χ0v) is 13.5. The lowest BCUT2D eigenvalue weighted by atomic mass is 10.2. The fraction of sp³-hybridized carbons (Fsp3) is 0.167. The number of methoxy groups -OCH3 is 1. The van der Waals surface area contributed by atoms with Gasteiger partial charge in [0.05, 0.1) is 19.2 Å². The summed E-state index contributed by atoms with van der Waals surface area (Å²) >= 11 is 0. The number of para-hydroxylation sites is 3. The van der Waals surface area contributed by atoms with Gasteiger partial charge in [0.1, 0.15) is 11.4 Å². The van der Waals surface area contributed by atoms with E-state index in [9.17, 15) is 9.59 Å². The molecule has 7 heteroatoms. The van der Waals surface area contributed by atoms with Crippen LogP contribution in [-0.4, -0.2) is 30.7 Å². The van der Waals surface area contributed by atoms with E-state index in [0.717, 1.165) is 5.39 Å². The molecule has 128 valence electrons. The molecule has 1 N–H and O–H groups in total. The van der Waals surface area contributed by atoms with Gasteiger partial charge in [-0.05, 0) is 24.3 Å². The van der Waals surface area contributed by atoms with E-state index in [1.807, 2.05) is 18.2 Å². The lowest BCUT2D eigenvalue weighted by Crippen LogP contribution is -2.22. The summed E-state index contributed by atoms with van der Waals surface area (Å²) in [5.74, 6) is -0.492. The summed E-state index contributed by atoms with van der Waals surface area (Å²) in [5, 5.41) is 7.24. The fourth-order valence-electron chi connectivity index (χ4n) is 2.33. The molecule has 0 aliphatic heterocycles.